The van der Waals surface area contributed by atoms with Crippen molar-refractivity contribution in [1.29, 1.82) is 0 Å². The largest absolute Gasteiger partial charge is 0.499 e. The minimum atomic E-state index is 0.791. The van der Waals surface area contributed by atoms with Crippen LogP contribution in [0.25, 0.3) is 0 Å². The lowest BCUT2D eigenvalue weighted by molar-refractivity contribution is 0.217. The van der Waals surface area contributed by atoms with E-state index >= 15 is 0 Å². The Hall–Kier alpha value is -0.460. The van der Waals surface area contributed by atoms with E-state index in [0.29, 0.717) is 0 Å². The van der Waals surface area contributed by atoms with Crippen molar-refractivity contribution < 1.29 is 4.74 Å². The summed E-state index contributed by atoms with van der Waals surface area (Å²) in [4.78, 5) is 0. The van der Waals surface area contributed by atoms with Crippen LogP contribution >= 0.6 is 0 Å². The molecule has 0 saturated heterocycles. The quantitative estimate of drug-likeness (QED) is 0.529. The van der Waals surface area contributed by atoms with Crippen molar-refractivity contribution in [2.45, 2.75) is 33.6 Å². The van der Waals surface area contributed by atoms with Crippen LogP contribution in [0, 0.1) is 0 Å². The van der Waals surface area contributed by atoms with Crippen LogP contribution in [0.5, 0.6) is 0 Å². The molecule has 0 radical (unpaired) electrons. The molecule has 0 unspecified atom stereocenters. The molecule has 0 aliphatic rings. The van der Waals surface area contributed by atoms with Gasteiger partial charge in [0.15, 0.2) is 0 Å². The van der Waals surface area contributed by atoms with Gasteiger partial charge in [0.1, 0.15) is 0 Å². The van der Waals surface area contributed by atoms with Gasteiger partial charge < -0.3 is 4.74 Å². The fraction of sp³-hybridized carbons (Fsp3) is 0.750. The van der Waals surface area contributed by atoms with E-state index in [2.05, 4.69) is 6.92 Å². The summed E-state index contributed by atoms with van der Waals surface area (Å²) in [6.07, 6.45) is 4.27. The van der Waals surface area contributed by atoms with Crippen LogP contribution in [0.1, 0.15) is 33.6 Å². The second kappa shape index (κ2) is 5.67. The van der Waals surface area contributed by atoms with Gasteiger partial charge in [0.05, 0.1) is 12.4 Å². The third-order valence-electron chi connectivity index (χ3n) is 1.15. The van der Waals surface area contributed by atoms with E-state index in [4.69, 9.17) is 4.74 Å². The zero-order valence-electron chi connectivity index (χ0n) is 6.61. The third-order valence-corrected chi connectivity index (χ3v) is 1.15. The van der Waals surface area contributed by atoms with E-state index in [0.717, 1.165) is 18.8 Å². The minimum Gasteiger partial charge on any atom is -0.499 e. The van der Waals surface area contributed by atoms with Gasteiger partial charge in [-0.05, 0) is 26.3 Å². The summed E-state index contributed by atoms with van der Waals surface area (Å²) in [6.45, 7) is 6.97. The lowest BCUT2D eigenvalue weighted by Crippen LogP contribution is -1.89. The van der Waals surface area contributed by atoms with Crippen LogP contribution in [-0.4, -0.2) is 6.61 Å². The maximum Gasteiger partial charge on any atom is 0.0916 e. The number of rotatable bonds is 4. The van der Waals surface area contributed by atoms with E-state index in [1.54, 1.807) is 0 Å². The number of allylic oxidation sites excluding steroid dienone is 2. The first-order valence-electron chi connectivity index (χ1n) is 3.63. The van der Waals surface area contributed by atoms with Crippen LogP contribution in [0.15, 0.2) is 11.8 Å². The Balaban J connectivity index is 3.43. The first kappa shape index (κ1) is 8.54. The van der Waals surface area contributed by atoms with Crippen LogP contribution in [-0.2, 0) is 4.74 Å². The SMILES string of the molecule is C/C=C(/CCC)OCC. The van der Waals surface area contributed by atoms with E-state index in [-0.39, 0.29) is 0 Å². The molecule has 9 heavy (non-hydrogen) atoms. The monoisotopic (exact) mass is 128 g/mol. The van der Waals surface area contributed by atoms with Crippen LogP contribution in [0.2, 0.25) is 0 Å². The molecule has 0 aromatic rings. The molecule has 1 heteroatoms. The van der Waals surface area contributed by atoms with Gasteiger partial charge in [0, 0.05) is 6.42 Å². The number of hydrogen-bond donors (Lipinski definition) is 0. The number of hydrogen-bond acceptors (Lipinski definition) is 1. The maximum absolute atomic E-state index is 5.29. The first-order chi connectivity index (χ1) is 4.35. The van der Waals surface area contributed by atoms with Gasteiger partial charge in [0.25, 0.3) is 0 Å². The van der Waals surface area contributed by atoms with Crippen molar-refractivity contribution in [3.05, 3.63) is 11.8 Å². The van der Waals surface area contributed by atoms with E-state index in [1.165, 1.54) is 6.42 Å². The topological polar surface area (TPSA) is 9.23 Å². The molecule has 0 atom stereocenters. The van der Waals surface area contributed by atoms with Crippen molar-refractivity contribution in [2.24, 2.45) is 0 Å². The molecule has 0 aromatic carbocycles. The summed E-state index contributed by atoms with van der Waals surface area (Å²) < 4.78 is 5.29. The second-order valence-corrected chi connectivity index (χ2v) is 1.94. The normalized spacial score (nSPS) is 11.7. The lowest BCUT2D eigenvalue weighted by atomic mass is 10.3. The average Bonchev–Trinajstić information content (AvgIpc) is 1.88. The molecule has 0 spiro atoms. The molecule has 1 nitrogen and oxygen atoms in total. The summed E-state index contributed by atoms with van der Waals surface area (Å²) in [6, 6.07) is 0. The zero-order chi connectivity index (χ0) is 7.11. The molecule has 0 rings (SSSR count). The van der Waals surface area contributed by atoms with Crippen molar-refractivity contribution >= 4 is 0 Å². The highest BCUT2D eigenvalue weighted by Gasteiger charge is 1.90. The summed E-state index contributed by atoms with van der Waals surface area (Å²) >= 11 is 0. The molecule has 0 aliphatic heterocycles. The zero-order valence-corrected chi connectivity index (χ0v) is 6.61. The average molecular weight is 128 g/mol. The van der Waals surface area contributed by atoms with Crippen molar-refractivity contribution in [2.75, 3.05) is 6.61 Å². The summed E-state index contributed by atoms with van der Waals surface area (Å²) in [7, 11) is 0. The molecule has 0 heterocycles. The Labute approximate surface area is 57.7 Å². The highest BCUT2D eigenvalue weighted by molar-refractivity contribution is 4.89. The van der Waals surface area contributed by atoms with Gasteiger partial charge in [0.2, 0.25) is 0 Å². The third kappa shape index (κ3) is 4.07. The Morgan fingerprint density at radius 2 is 2.11 bits per heavy atom. The standard InChI is InChI=1S/C8H16O/c1-4-7-8(5-2)9-6-3/h5H,4,6-7H2,1-3H3/b8-5-. The molecule has 54 valence electrons. The van der Waals surface area contributed by atoms with Gasteiger partial charge in [-0.2, -0.15) is 0 Å². The van der Waals surface area contributed by atoms with E-state index in [1.807, 2.05) is 19.9 Å². The Bertz CT molecular complexity index is 76.6. The molecular weight excluding hydrogens is 112 g/mol. The smallest absolute Gasteiger partial charge is 0.0916 e. The predicted molar refractivity (Wildman–Crippen MR) is 40.3 cm³/mol. The van der Waals surface area contributed by atoms with Crippen LogP contribution in [0.4, 0.5) is 0 Å². The van der Waals surface area contributed by atoms with Gasteiger partial charge in [-0.15, -0.1) is 0 Å². The molecular formula is C8H16O. The fourth-order valence-corrected chi connectivity index (χ4v) is 0.732. The Morgan fingerprint density at radius 1 is 1.44 bits per heavy atom. The Morgan fingerprint density at radius 3 is 2.44 bits per heavy atom. The molecule has 0 amide bonds. The van der Waals surface area contributed by atoms with Crippen LogP contribution in [0.3, 0.4) is 0 Å². The molecule has 0 fully saturated rings. The van der Waals surface area contributed by atoms with Gasteiger partial charge in [-0.25, -0.2) is 0 Å². The van der Waals surface area contributed by atoms with Crippen molar-refractivity contribution in [3.63, 3.8) is 0 Å². The Kier molecular flexibility index (Phi) is 5.38. The lowest BCUT2D eigenvalue weighted by Gasteiger charge is -2.04. The van der Waals surface area contributed by atoms with Gasteiger partial charge >= 0.3 is 0 Å². The summed E-state index contributed by atoms with van der Waals surface area (Å²) in [5.74, 6) is 1.12. The van der Waals surface area contributed by atoms with E-state index in [9.17, 15) is 0 Å². The highest BCUT2D eigenvalue weighted by atomic mass is 16.5. The molecule has 0 N–H and O–H groups in total. The molecule has 0 bridgehead atoms. The maximum atomic E-state index is 5.29. The second-order valence-electron chi connectivity index (χ2n) is 1.94. The molecule has 0 aromatic heterocycles. The highest BCUT2D eigenvalue weighted by Crippen LogP contribution is 2.04. The molecule has 0 aliphatic carbocycles. The minimum absolute atomic E-state index is 0.791. The first-order valence-corrected chi connectivity index (χ1v) is 3.63. The van der Waals surface area contributed by atoms with Crippen molar-refractivity contribution in [1.82, 2.24) is 0 Å². The molecule has 0 saturated carbocycles. The summed E-state index contributed by atoms with van der Waals surface area (Å²) in [5, 5.41) is 0. The van der Waals surface area contributed by atoms with Gasteiger partial charge in [-0.1, -0.05) is 6.92 Å². The number of ether oxygens (including phenoxy) is 1. The predicted octanol–water partition coefficient (Wildman–Crippen LogP) is 2.73. The van der Waals surface area contributed by atoms with Gasteiger partial charge in [-0.3, -0.25) is 0 Å². The van der Waals surface area contributed by atoms with E-state index < -0.39 is 0 Å². The van der Waals surface area contributed by atoms with Crippen LogP contribution < -0.4 is 0 Å². The fourth-order valence-electron chi connectivity index (χ4n) is 0.732. The summed E-state index contributed by atoms with van der Waals surface area (Å²) in [5.41, 5.74) is 0. The van der Waals surface area contributed by atoms with Crippen molar-refractivity contribution in [3.8, 4) is 0 Å².